The van der Waals surface area contributed by atoms with Crippen molar-refractivity contribution < 1.29 is 4.74 Å². The van der Waals surface area contributed by atoms with Gasteiger partial charge in [-0.25, -0.2) is 0 Å². The number of hydrogen-bond donors (Lipinski definition) is 2. The molecule has 1 saturated carbocycles. The Morgan fingerprint density at radius 1 is 1.31 bits per heavy atom. The Bertz CT molecular complexity index is 200. The van der Waals surface area contributed by atoms with Crippen molar-refractivity contribution in [1.29, 1.82) is 0 Å². The Hall–Kier alpha value is -0.770. The predicted octanol–water partition coefficient (Wildman–Crippen LogP) is 1.52. The number of ether oxygens (including phenoxy) is 1. The van der Waals surface area contributed by atoms with E-state index in [0.29, 0.717) is 6.04 Å². The number of nitrogens with zero attached hydrogens (tertiary/aromatic N) is 1. The summed E-state index contributed by atoms with van der Waals surface area (Å²) in [5.41, 5.74) is 0. The van der Waals surface area contributed by atoms with Crippen LogP contribution in [0.3, 0.4) is 0 Å². The van der Waals surface area contributed by atoms with Gasteiger partial charge in [0.15, 0.2) is 5.96 Å². The average molecular weight is 227 g/mol. The fourth-order valence-corrected chi connectivity index (χ4v) is 2.02. The second-order valence-corrected chi connectivity index (χ2v) is 4.18. The summed E-state index contributed by atoms with van der Waals surface area (Å²) >= 11 is 0. The summed E-state index contributed by atoms with van der Waals surface area (Å²) in [4.78, 5) is 4.22. The molecule has 0 bridgehead atoms. The lowest BCUT2D eigenvalue weighted by Crippen LogP contribution is -2.45. The molecule has 1 aliphatic rings. The fraction of sp³-hybridized carbons (Fsp3) is 0.917. The second kappa shape index (κ2) is 8.39. The van der Waals surface area contributed by atoms with E-state index in [4.69, 9.17) is 4.74 Å². The molecule has 0 amide bonds. The standard InChI is InChI=1S/C12H25N3O/c1-3-16-10-9-14-12(13-2)15-11-7-5-4-6-8-11/h11H,3-10H2,1-2H3,(H2,13,14,15). The lowest BCUT2D eigenvalue weighted by molar-refractivity contribution is 0.152. The zero-order chi connectivity index (χ0) is 11.6. The molecule has 0 aromatic carbocycles. The van der Waals surface area contributed by atoms with Gasteiger partial charge in [-0.15, -0.1) is 0 Å². The quantitative estimate of drug-likeness (QED) is 0.425. The molecule has 0 aromatic heterocycles. The maximum Gasteiger partial charge on any atom is 0.191 e. The lowest BCUT2D eigenvalue weighted by Gasteiger charge is -2.24. The summed E-state index contributed by atoms with van der Waals surface area (Å²) in [5, 5.41) is 6.73. The molecule has 16 heavy (non-hydrogen) atoms. The molecule has 0 radical (unpaired) electrons. The average Bonchev–Trinajstić information content (AvgIpc) is 2.34. The zero-order valence-corrected chi connectivity index (χ0v) is 10.6. The maximum absolute atomic E-state index is 5.27. The molecule has 0 heterocycles. The monoisotopic (exact) mass is 227 g/mol. The summed E-state index contributed by atoms with van der Waals surface area (Å²) < 4.78 is 5.27. The SMILES string of the molecule is CCOCCNC(=NC)NC1CCCCC1. The van der Waals surface area contributed by atoms with Gasteiger partial charge in [0.1, 0.15) is 0 Å². The molecule has 0 unspecified atom stereocenters. The van der Waals surface area contributed by atoms with E-state index in [1.54, 1.807) is 0 Å². The Kier molecular flexibility index (Phi) is 6.97. The van der Waals surface area contributed by atoms with E-state index in [2.05, 4.69) is 15.6 Å². The third kappa shape index (κ3) is 5.35. The van der Waals surface area contributed by atoms with E-state index < -0.39 is 0 Å². The minimum atomic E-state index is 0.604. The third-order valence-corrected chi connectivity index (χ3v) is 2.91. The number of nitrogens with one attached hydrogen (secondary N) is 2. The Labute approximate surface area is 98.9 Å². The summed E-state index contributed by atoms with van der Waals surface area (Å²) in [5.74, 6) is 0.909. The number of hydrogen-bond acceptors (Lipinski definition) is 2. The molecule has 0 spiro atoms. The Morgan fingerprint density at radius 2 is 2.06 bits per heavy atom. The van der Waals surface area contributed by atoms with E-state index in [9.17, 15) is 0 Å². The highest BCUT2D eigenvalue weighted by Gasteiger charge is 2.13. The Balaban J connectivity index is 2.15. The van der Waals surface area contributed by atoms with Crippen LogP contribution in [0.25, 0.3) is 0 Å². The normalized spacial score (nSPS) is 18.5. The van der Waals surface area contributed by atoms with Gasteiger partial charge in [0, 0.05) is 26.2 Å². The lowest BCUT2D eigenvalue weighted by atomic mass is 9.96. The van der Waals surface area contributed by atoms with Crippen molar-refractivity contribution in [2.24, 2.45) is 4.99 Å². The smallest absolute Gasteiger partial charge is 0.191 e. The first-order chi connectivity index (χ1) is 7.86. The van der Waals surface area contributed by atoms with Crippen LogP contribution >= 0.6 is 0 Å². The van der Waals surface area contributed by atoms with Crippen LogP contribution in [0, 0.1) is 0 Å². The van der Waals surface area contributed by atoms with Crippen molar-refractivity contribution in [3.63, 3.8) is 0 Å². The van der Waals surface area contributed by atoms with E-state index in [1.165, 1.54) is 32.1 Å². The minimum absolute atomic E-state index is 0.604. The number of guanidine groups is 1. The van der Waals surface area contributed by atoms with Gasteiger partial charge in [0.25, 0.3) is 0 Å². The van der Waals surface area contributed by atoms with Gasteiger partial charge >= 0.3 is 0 Å². The molecular formula is C12H25N3O. The molecule has 94 valence electrons. The molecule has 2 N–H and O–H groups in total. The molecule has 4 heteroatoms. The first-order valence-corrected chi connectivity index (χ1v) is 6.41. The van der Waals surface area contributed by atoms with Crippen LogP contribution in [0.1, 0.15) is 39.0 Å². The summed E-state index contributed by atoms with van der Waals surface area (Å²) in [6.45, 7) is 4.34. The predicted molar refractivity (Wildman–Crippen MR) is 67.9 cm³/mol. The van der Waals surface area contributed by atoms with E-state index in [-0.39, 0.29) is 0 Å². The molecule has 0 aromatic rings. The number of aliphatic imine (C=N–C) groups is 1. The van der Waals surface area contributed by atoms with Crippen LogP contribution in [0.5, 0.6) is 0 Å². The molecule has 0 aliphatic heterocycles. The number of rotatable bonds is 5. The second-order valence-electron chi connectivity index (χ2n) is 4.18. The van der Waals surface area contributed by atoms with Gasteiger partial charge in [0.05, 0.1) is 6.61 Å². The van der Waals surface area contributed by atoms with Gasteiger partial charge in [0.2, 0.25) is 0 Å². The van der Waals surface area contributed by atoms with Crippen LogP contribution in [-0.4, -0.2) is 38.8 Å². The molecule has 1 rings (SSSR count). The molecule has 4 nitrogen and oxygen atoms in total. The fourth-order valence-electron chi connectivity index (χ4n) is 2.02. The van der Waals surface area contributed by atoms with Crippen molar-refractivity contribution in [3.8, 4) is 0 Å². The summed E-state index contributed by atoms with van der Waals surface area (Å²) in [6.07, 6.45) is 6.61. The Morgan fingerprint density at radius 3 is 2.69 bits per heavy atom. The van der Waals surface area contributed by atoms with Gasteiger partial charge in [-0.3, -0.25) is 4.99 Å². The van der Waals surface area contributed by atoms with Crippen LogP contribution in [0.4, 0.5) is 0 Å². The zero-order valence-electron chi connectivity index (χ0n) is 10.6. The maximum atomic E-state index is 5.27. The summed E-state index contributed by atoms with van der Waals surface area (Å²) in [7, 11) is 1.82. The molecule has 0 atom stereocenters. The molecule has 1 aliphatic carbocycles. The van der Waals surface area contributed by atoms with Gasteiger partial charge < -0.3 is 15.4 Å². The largest absolute Gasteiger partial charge is 0.380 e. The van der Waals surface area contributed by atoms with E-state index >= 15 is 0 Å². The topological polar surface area (TPSA) is 45.6 Å². The molecule has 1 fully saturated rings. The first-order valence-electron chi connectivity index (χ1n) is 6.41. The van der Waals surface area contributed by atoms with E-state index in [1.807, 2.05) is 14.0 Å². The van der Waals surface area contributed by atoms with Crippen molar-refractivity contribution >= 4 is 5.96 Å². The van der Waals surface area contributed by atoms with Crippen molar-refractivity contribution in [2.45, 2.75) is 45.1 Å². The minimum Gasteiger partial charge on any atom is -0.380 e. The van der Waals surface area contributed by atoms with Gasteiger partial charge in [-0.1, -0.05) is 19.3 Å². The van der Waals surface area contributed by atoms with Crippen molar-refractivity contribution in [2.75, 3.05) is 26.8 Å². The van der Waals surface area contributed by atoms with E-state index in [0.717, 1.165) is 25.7 Å². The third-order valence-electron chi connectivity index (χ3n) is 2.91. The first kappa shape index (κ1) is 13.3. The van der Waals surface area contributed by atoms with Crippen LogP contribution in [0.2, 0.25) is 0 Å². The highest BCUT2D eigenvalue weighted by molar-refractivity contribution is 5.79. The van der Waals surface area contributed by atoms with Crippen molar-refractivity contribution in [1.82, 2.24) is 10.6 Å². The summed E-state index contributed by atoms with van der Waals surface area (Å²) in [6, 6.07) is 0.604. The van der Waals surface area contributed by atoms with Gasteiger partial charge in [-0.2, -0.15) is 0 Å². The highest BCUT2D eigenvalue weighted by atomic mass is 16.5. The molecular weight excluding hydrogens is 202 g/mol. The highest BCUT2D eigenvalue weighted by Crippen LogP contribution is 2.16. The van der Waals surface area contributed by atoms with Crippen LogP contribution < -0.4 is 10.6 Å². The van der Waals surface area contributed by atoms with Crippen LogP contribution in [0.15, 0.2) is 4.99 Å². The van der Waals surface area contributed by atoms with Crippen molar-refractivity contribution in [3.05, 3.63) is 0 Å². The van der Waals surface area contributed by atoms with Gasteiger partial charge in [-0.05, 0) is 19.8 Å². The molecule has 0 saturated heterocycles. The van der Waals surface area contributed by atoms with Crippen LogP contribution in [-0.2, 0) is 4.74 Å².